The van der Waals surface area contributed by atoms with E-state index in [1.807, 2.05) is 6.92 Å². The van der Waals surface area contributed by atoms with Gasteiger partial charge in [0.05, 0.1) is 5.02 Å². The molecule has 0 aromatic carbocycles. The van der Waals surface area contributed by atoms with Gasteiger partial charge in [-0.15, -0.1) is 11.8 Å². The Kier molecular flexibility index (Phi) is 3.56. The summed E-state index contributed by atoms with van der Waals surface area (Å²) >= 11 is 7.28. The molecule has 64 valence electrons. The van der Waals surface area contributed by atoms with E-state index in [-0.39, 0.29) is 0 Å². The Morgan fingerprint density at radius 3 is 3.08 bits per heavy atom. The van der Waals surface area contributed by atoms with Crippen molar-refractivity contribution in [3.8, 4) is 0 Å². The van der Waals surface area contributed by atoms with Gasteiger partial charge in [-0.25, -0.2) is 0 Å². The fourth-order valence-electron chi connectivity index (χ4n) is 0.791. The highest BCUT2D eigenvalue weighted by molar-refractivity contribution is 7.99. The lowest BCUT2D eigenvalue weighted by molar-refractivity contribution is 0.111. The minimum atomic E-state index is 0.464. The Morgan fingerprint density at radius 1 is 1.75 bits per heavy atom. The van der Waals surface area contributed by atoms with Crippen molar-refractivity contribution in [3.63, 3.8) is 0 Å². The Hall–Kier alpha value is -0.540. The van der Waals surface area contributed by atoms with Gasteiger partial charge in [-0.3, -0.25) is 9.78 Å². The van der Waals surface area contributed by atoms with E-state index in [0.29, 0.717) is 10.7 Å². The predicted octanol–water partition coefficient (Wildman–Crippen LogP) is 2.66. The topological polar surface area (TPSA) is 30.0 Å². The summed E-state index contributed by atoms with van der Waals surface area (Å²) in [6.45, 7) is 2.01. The van der Waals surface area contributed by atoms with Crippen LogP contribution in [0.4, 0.5) is 0 Å². The van der Waals surface area contributed by atoms with Crippen LogP contribution in [0.3, 0.4) is 0 Å². The summed E-state index contributed by atoms with van der Waals surface area (Å²) in [5.74, 6) is 0.906. The van der Waals surface area contributed by atoms with Crippen molar-refractivity contribution in [2.45, 2.75) is 11.8 Å². The number of carbonyl (C=O) groups excluding carboxylic acids is 1. The number of carbonyl (C=O) groups is 1. The standard InChI is InChI=1S/C8H8ClNOS/c1-2-12-8-3-6(9)4-10-7(8)5-11/h3-5H,2H2,1H3. The van der Waals surface area contributed by atoms with E-state index in [1.165, 1.54) is 6.20 Å². The van der Waals surface area contributed by atoms with Crippen LogP contribution in [0.15, 0.2) is 17.2 Å². The van der Waals surface area contributed by atoms with Gasteiger partial charge in [0, 0.05) is 11.1 Å². The number of aldehydes is 1. The average molecular weight is 202 g/mol. The molecular weight excluding hydrogens is 194 g/mol. The summed E-state index contributed by atoms with van der Waals surface area (Å²) in [5.41, 5.74) is 0.464. The first-order valence-electron chi connectivity index (χ1n) is 3.51. The molecule has 0 fully saturated rings. The van der Waals surface area contributed by atoms with Gasteiger partial charge < -0.3 is 0 Å². The molecule has 1 heterocycles. The molecule has 0 N–H and O–H groups in total. The second-order valence-electron chi connectivity index (χ2n) is 2.09. The van der Waals surface area contributed by atoms with Crippen LogP contribution in [0.1, 0.15) is 17.4 Å². The molecule has 0 aliphatic rings. The van der Waals surface area contributed by atoms with E-state index in [1.54, 1.807) is 17.8 Å². The zero-order valence-electron chi connectivity index (χ0n) is 6.58. The number of rotatable bonds is 3. The third-order valence-electron chi connectivity index (χ3n) is 1.26. The summed E-state index contributed by atoms with van der Waals surface area (Å²) in [5, 5.41) is 0.566. The van der Waals surface area contributed by atoms with Gasteiger partial charge in [0.2, 0.25) is 0 Å². The SMILES string of the molecule is CCSc1cc(Cl)cnc1C=O. The summed E-state index contributed by atoms with van der Waals surface area (Å²) in [6, 6.07) is 1.76. The van der Waals surface area contributed by atoms with Gasteiger partial charge in [-0.05, 0) is 11.8 Å². The Bertz CT molecular complexity index is 290. The number of halogens is 1. The monoisotopic (exact) mass is 201 g/mol. The second kappa shape index (κ2) is 4.48. The summed E-state index contributed by atoms with van der Waals surface area (Å²) in [6.07, 6.45) is 2.22. The van der Waals surface area contributed by atoms with Crippen molar-refractivity contribution < 1.29 is 4.79 Å². The number of hydrogen-bond acceptors (Lipinski definition) is 3. The van der Waals surface area contributed by atoms with Crippen LogP contribution in [-0.4, -0.2) is 17.0 Å². The lowest BCUT2D eigenvalue weighted by Crippen LogP contribution is -1.90. The van der Waals surface area contributed by atoms with E-state index < -0.39 is 0 Å². The molecule has 4 heteroatoms. The molecule has 0 saturated carbocycles. The zero-order valence-corrected chi connectivity index (χ0v) is 8.15. The van der Waals surface area contributed by atoms with Gasteiger partial charge in [0.1, 0.15) is 5.69 Å². The quantitative estimate of drug-likeness (QED) is 0.556. The predicted molar refractivity (Wildman–Crippen MR) is 51.0 cm³/mol. The summed E-state index contributed by atoms with van der Waals surface area (Å²) < 4.78 is 0. The normalized spacial score (nSPS) is 9.83. The molecule has 0 radical (unpaired) electrons. The maximum absolute atomic E-state index is 10.5. The maximum Gasteiger partial charge on any atom is 0.169 e. The molecule has 1 aromatic rings. The second-order valence-corrected chi connectivity index (χ2v) is 3.83. The highest BCUT2D eigenvalue weighted by Crippen LogP contribution is 2.22. The van der Waals surface area contributed by atoms with Gasteiger partial charge in [0.25, 0.3) is 0 Å². The Labute approximate surface area is 80.3 Å². The van der Waals surface area contributed by atoms with Crippen LogP contribution >= 0.6 is 23.4 Å². The number of pyridine rings is 1. The number of thioether (sulfide) groups is 1. The van der Waals surface area contributed by atoms with Gasteiger partial charge in [-0.1, -0.05) is 18.5 Å². The molecule has 2 nitrogen and oxygen atoms in total. The van der Waals surface area contributed by atoms with Crippen LogP contribution < -0.4 is 0 Å². The third kappa shape index (κ3) is 2.22. The summed E-state index contributed by atoms with van der Waals surface area (Å²) in [7, 11) is 0. The highest BCUT2D eigenvalue weighted by Gasteiger charge is 2.02. The van der Waals surface area contributed by atoms with Crippen LogP contribution in [0.2, 0.25) is 5.02 Å². The van der Waals surface area contributed by atoms with E-state index in [4.69, 9.17) is 11.6 Å². The van der Waals surface area contributed by atoms with E-state index in [2.05, 4.69) is 4.98 Å². The third-order valence-corrected chi connectivity index (χ3v) is 2.39. The molecule has 0 aliphatic carbocycles. The minimum Gasteiger partial charge on any atom is -0.296 e. The molecular formula is C8H8ClNOS. The van der Waals surface area contributed by atoms with Crippen LogP contribution in [0.5, 0.6) is 0 Å². The molecule has 0 saturated heterocycles. The summed E-state index contributed by atoms with van der Waals surface area (Å²) in [4.78, 5) is 15.2. The van der Waals surface area contributed by atoms with Gasteiger partial charge in [-0.2, -0.15) is 0 Å². The molecule has 0 spiro atoms. The average Bonchev–Trinajstić information content (AvgIpc) is 2.05. The highest BCUT2D eigenvalue weighted by atomic mass is 35.5. The molecule has 1 aromatic heterocycles. The lowest BCUT2D eigenvalue weighted by Gasteiger charge is -2.00. The van der Waals surface area contributed by atoms with Crippen LogP contribution in [0.25, 0.3) is 0 Å². The lowest BCUT2D eigenvalue weighted by atomic mass is 10.4. The fraction of sp³-hybridized carbons (Fsp3) is 0.250. The van der Waals surface area contributed by atoms with E-state index in [0.717, 1.165) is 16.9 Å². The molecule has 0 amide bonds. The van der Waals surface area contributed by atoms with Crippen molar-refractivity contribution in [2.24, 2.45) is 0 Å². The number of nitrogens with zero attached hydrogens (tertiary/aromatic N) is 1. The first-order valence-corrected chi connectivity index (χ1v) is 4.87. The maximum atomic E-state index is 10.5. The smallest absolute Gasteiger partial charge is 0.169 e. The first-order chi connectivity index (χ1) is 5.77. The molecule has 12 heavy (non-hydrogen) atoms. The minimum absolute atomic E-state index is 0.464. The van der Waals surface area contributed by atoms with Crippen molar-refractivity contribution in [1.29, 1.82) is 0 Å². The number of aromatic nitrogens is 1. The van der Waals surface area contributed by atoms with Crippen LogP contribution in [0, 0.1) is 0 Å². The largest absolute Gasteiger partial charge is 0.296 e. The van der Waals surface area contributed by atoms with Crippen molar-refractivity contribution in [3.05, 3.63) is 23.0 Å². The molecule has 0 atom stereocenters. The zero-order chi connectivity index (χ0) is 8.97. The molecule has 0 aliphatic heterocycles. The van der Waals surface area contributed by atoms with E-state index in [9.17, 15) is 4.79 Å². The van der Waals surface area contributed by atoms with Crippen molar-refractivity contribution in [1.82, 2.24) is 4.98 Å². The Morgan fingerprint density at radius 2 is 2.50 bits per heavy atom. The van der Waals surface area contributed by atoms with E-state index >= 15 is 0 Å². The molecule has 0 bridgehead atoms. The molecule has 1 rings (SSSR count). The van der Waals surface area contributed by atoms with Crippen molar-refractivity contribution in [2.75, 3.05) is 5.75 Å². The van der Waals surface area contributed by atoms with Gasteiger partial charge >= 0.3 is 0 Å². The van der Waals surface area contributed by atoms with Gasteiger partial charge in [0.15, 0.2) is 6.29 Å². The van der Waals surface area contributed by atoms with Crippen LogP contribution in [-0.2, 0) is 0 Å². The first kappa shape index (κ1) is 9.55. The molecule has 0 unspecified atom stereocenters. The Balaban J connectivity index is 3.03. The number of hydrogen-bond donors (Lipinski definition) is 0. The fourth-order valence-corrected chi connectivity index (χ4v) is 1.78. The van der Waals surface area contributed by atoms with Crippen molar-refractivity contribution >= 4 is 29.6 Å².